The van der Waals surface area contributed by atoms with Crippen LogP contribution in [0.25, 0.3) is 0 Å². The molecule has 0 bridgehead atoms. The Morgan fingerprint density at radius 1 is 1.41 bits per heavy atom. The number of anilines is 1. The summed E-state index contributed by atoms with van der Waals surface area (Å²) in [6, 6.07) is 2.85. The second kappa shape index (κ2) is 4.57. The smallest absolute Gasteiger partial charge is 0.251 e. The lowest BCUT2D eigenvalue weighted by Crippen LogP contribution is -2.32. The Kier molecular flexibility index (Phi) is 3.13. The maximum Gasteiger partial charge on any atom is 0.251 e. The summed E-state index contributed by atoms with van der Waals surface area (Å²) >= 11 is 0. The van der Waals surface area contributed by atoms with E-state index in [1.54, 1.807) is 6.92 Å². The minimum absolute atomic E-state index is 0.119. The zero-order chi connectivity index (χ0) is 12.4. The molecular weight excluding hydrogens is 219 g/mol. The highest BCUT2D eigenvalue weighted by Crippen LogP contribution is 2.18. The van der Waals surface area contributed by atoms with Crippen LogP contribution in [0.2, 0.25) is 0 Å². The third kappa shape index (κ3) is 2.46. The second-order valence-corrected chi connectivity index (χ2v) is 4.29. The van der Waals surface area contributed by atoms with Crippen molar-refractivity contribution in [2.45, 2.75) is 25.8 Å². The fourth-order valence-corrected chi connectivity index (χ4v) is 1.83. The fourth-order valence-electron chi connectivity index (χ4n) is 1.83. The van der Waals surface area contributed by atoms with Crippen LogP contribution in [0.15, 0.2) is 24.3 Å². The molecule has 0 fully saturated rings. The van der Waals surface area contributed by atoms with E-state index >= 15 is 0 Å². The van der Waals surface area contributed by atoms with Crippen LogP contribution in [0, 0.1) is 12.7 Å². The molecule has 1 aliphatic carbocycles. The Morgan fingerprint density at radius 3 is 2.65 bits per heavy atom. The van der Waals surface area contributed by atoms with Crippen LogP contribution in [0.4, 0.5) is 10.1 Å². The molecule has 0 spiro atoms. The summed E-state index contributed by atoms with van der Waals surface area (Å²) in [7, 11) is 0. The first-order valence-electron chi connectivity index (χ1n) is 5.59. The lowest BCUT2D eigenvalue weighted by Gasteiger charge is -2.13. The molecule has 0 aromatic heterocycles. The van der Waals surface area contributed by atoms with Crippen LogP contribution < -0.4 is 11.1 Å². The van der Waals surface area contributed by atoms with Gasteiger partial charge in [0.15, 0.2) is 0 Å². The number of benzene rings is 1. The average molecular weight is 234 g/mol. The van der Waals surface area contributed by atoms with Gasteiger partial charge in [0.05, 0.1) is 0 Å². The van der Waals surface area contributed by atoms with E-state index in [1.807, 2.05) is 12.2 Å². The maximum absolute atomic E-state index is 13.4. The van der Waals surface area contributed by atoms with Crippen molar-refractivity contribution in [2.75, 3.05) is 5.73 Å². The molecule has 0 atom stereocenters. The Bertz CT molecular complexity index is 451. The zero-order valence-corrected chi connectivity index (χ0v) is 9.66. The van der Waals surface area contributed by atoms with Crippen LogP contribution in [0.3, 0.4) is 0 Å². The first kappa shape index (κ1) is 11.6. The third-order valence-electron chi connectivity index (χ3n) is 2.99. The zero-order valence-electron chi connectivity index (χ0n) is 9.66. The van der Waals surface area contributed by atoms with Gasteiger partial charge in [-0.1, -0.05) is 12.2 Å². The molecule has 90 valence electrons. The van der Waals surface area contributed by atoms with Gasteiger partial charge in [-0.3, -0.25) is 4.79 Å². The summed E-state index contributed by atoms with van der Waals surface area (Å²) in [4.78, 5) is 11.9. The number of carbonyl (C=O) groups is 1. The summed E-state index contributed by atoms with van der Waals surface area (Å²) in [6.07, 6.45) is 5.70. The van der Waals surface area contributed by atoms with Crippen molar-refractivity contribution in [2.24, 2.45) is 0 Å². The van der Waals surface area contributed by atoms with E-state index in [4.69, 9.17) is 5.73 Å². The van der Waals surface area contributed by atoms with Crippen LogP contribution in [0.5, 0.6) is 0 Å². The SMILES string of the molecule is Cc1c(N)cc(C(=O)NC2CC=CC2)cc1F. The number of hydrogen-bond donors (Lipinski definition) is 2. The number of nitrogens with one attached hydrogen (secondary N) is 1. The molecule has 0 saturated heterocycles. The van der Waals surface area contributed by atoms with Crippen molar-refractivity contribution < 1.29 is 9.18 Å². The molecule has 17 heavy (non-hydrogen) atoms. The number of amides is 1. The highest BCUT2D eigenvalue weighted by atomic mass is 19.1. The molecule has 0 saturated carbocycles. The van der Waals surface area contributed by atoms with Crippen molar-refractivity contribution in [1.29, 1.82) is 0 Å². The van der Waals surface area contributed by atoms with Gasteiger partial charge in [0, 0.05) is 22.9 Å². The minimum Gasteiger partial charge on any atom is -0.398 e. The van der Waals surface area contributed by atoms with E-state index in [0.717, 1.165) is 12.8 Å². The molecule has 2 rings (SSSR count). The van der Waals surface area contributed by atoms with E-state index in [9.17, 15) is 9.18 Å². The van der Waals surface area contributed by atoms with Gasteiger partial charge in [0.1, 0.15) is 5.82 Å². The lowest BCUT2D eigenvalue weighted by atomic mass is 10.1. The number of carbonyl (C=O) groups excluding carboxylic acids is 1. The summed E-state index contributed by atoms with van der Waals surface area (Å²) < 4.78 is 13.4. The molecule has 0 unspecified atom stereocenters. The van der Waals surface area contributed by atoms with Gasteiger partial charge in [0.2, 0.25) is 0 Å². The van der Waals surface area contributed by atoms with E-state index in [-0.39, 0.29) is 17.5 Å². The van der Waals surface area contributed by atoms with Gasteiger partial charge in [-0.15, -0.1) is 0 Å². The molecule has 0 radical (unpaired) electrons. The Balaban J connectivity index is 2.13. The highest BCUT2D eigenvalue weighted by molar-refractivity contribution is 5.95. The van der Waals surface area contributed by atoms with Crippen molar-refractivity contribution in [3.63, 3.8) is 0 Å². The van der Waals surface area contributed by atoms with Gasteiger partial charge < -0.3 is 11.1 Å². The van der Waals surface area contributed by atoms with E-state index in [1.165, 1.54) is 12.1 Å². The highest BCUT2D eigenvalue weighted by Gasteiger charge is 2.16. The lowest BCUT2D eigenvalue weighted by molar-refractivity contribution is 0.0938. The fraction of sp³-hybridized carbons (Fsp3) is 0.308. The number of halogens is 1. The Hall–Kier alpha value is -1.84. The van der Waals surface area contributed by atoms with Crippen molar-refractivity contribution in [3.05, 3.63) is 41.2 Å². The number of nitrogen functional groups attached to an aromatic ring is 1. The van der Waals surface area contributed by atoms with E-state index < -0.39 is 5.82 Å². The second-order valence-electron chi connectivity index (χ2n) is 4.29. The third-order valence-corrected chi connectivity index (χ3v) is 2.99. The van der Waals surface area contributed by atoms with Crippen LogP contribution in [-0.4, -0.2) is 11.9 Å². The van der Waals surface area contributed by atoms with Gasteiger partial charge in [0.25, 0.3) is 5.91 Å². The molecule has 1 aromatic rings. The topological polar surface area (TPSA) is 55.1 Å². The standard InChI is InChI=1S/C13H15FN2O/c1-8-11(14)6-9(7-12(8)15)13(17)16-10-4-2-3-5-10/h2-3,6-7,10H,4-5,15H2,1H3,(H,16,17). The van der Waals surface area contributed by atoms with Crippen LogP contribution >= 0.6 is 0 Å². The summed E-state index contributed by atoms with van der Waals surface area (Å²) in [5, 5.41) is 2.85. The number of rotatable bonds is 2. The Morgan fingerprint density at radius 2 is 2.06 bits per heavy atom. The molecule has 1 amide bonds. The normalized spacial score (nSPS) is 15.2. The number of nitrogens with two attached hydrogens (primary N) is 1. The molecular formula is C13H15FN2O. The van der Waals surface area contributed by atoms with Gasteiger partial charge in [-0.25, -0.2) is 4.39 Å². The van der Waals surface area contributed by atoms with Crippen molar-refractivity contribution >= 4 is 11.6 Å². The minimum atomic E-state index is -0.445. The van der Waals surface area contributed by atoms with Gasteiger partial charge in [-0.2, -0.15) is 0 Å². The number of hydrogen-bond acceptors (Lipinski definition) is 2. The molecule has 0 aliphatic heterocycles. The molecule has 0 heterocycles. The van der Waals surface area contributed by atoms with Crippen LogP contribution in [0.1, 0.15) is 28.8 Å². The monoisotopic (exact) mass is 234 g/mol. The summed E-state index contributed by atoms with van der Waals surface area (Å²) in [5.74, 6) is -0.719. The first-order chi connectivity index (χ1) is 8.08. The van der Waals surface area contributed by atoms with Crippen molar-refractivity contribution in [3.8, 4) is 0 Å². The molecule has 4 heteroatoms. The van der Waals surface area contributed by atoms with Gasteiger partial charge >= 0.3 is 0 Å². The van der Waals surface area contributed by atoms with Crippen LogP contribution in [-0.2, 0) is 0 Å². The summed E-state index contributed by atoms with van der Waals surface area (Å²) in [6.45, 7) is 1.59. The van der Waals surface area contributed by atoms with Gasteiger partial charge in [-0.05, 0) is 31.9 Å². The Labute approximate surface area is 99.5 Å². The maximum atomic E-state index is 13.4. The predicted octanol–water partition coefficient (Wildman–Crippen LogP) is 2.16. The van der Waals surface area contributed by atoms with Crippen molar-refractivity contribution in [1.82, 2.24) is 5.32 Å². The first-order valence-corrected chi connectivity index (χ1v) is 5.59. The van der Waals surface area contributed by atoms with E-state index in [2.05, 4.69) is 5.32 Å². The molecule has 3 N–H and O–H groups in total. The predicted molar refractivity (Wildman–Crippen MR) is 65.2 cm³/mol. The molecule has 3 nitrogen and oxygen atoms in total. The quantitative estimate of drug-likeness (QED) is 0.608. The average Bonchev–Trinajstić information content (AvgIpc) is 2.77. The largest absolute Gasteiger partial charge is 0.398 e. The summed E-state index contributed by atoms with van der Waals surface area (Å²) in [5.41, 5.74) is 6.59. The van der Waals surface area contributed by atoms with E-state index in [0.29, 0.717) is 11.3 Å². The molecule has 1 aromatic carbocycles. The molecule has 1 aliphatic rings.